The van der Waals surface area contributed by atoms with E-state index in [0.717, 1.165) is 40.8 Å². The van der Waals surface area contributed by atoms with Crippen LogP contribution in [-0.2, 0) is 6.54 Å². The lowest BCUT2D eigenvalue weighted by molar-refractivity contribution is 0.347. The van der Waals surface area contributed by atoms with Gasteiger partial charge in [-0.2, -0.15) is 5.10 Å². The second kappa shape index (κ2) is 8.67. The van der Waals surface area contributed by atoms with Gasteiger partial charge in [0.1, 0.15) is 0 Å². The lowest BCUT2D eigenvalue weighted by atomic mass is 10.0. The standard InChI is InChI=1S/C23H26N4O/c1-5-10-16(11-6-2)21-14-18(23(28)26-25-21)22-19(15-27(4)7-3)17-12-8-9-13-20(17)24-22/h5-6,8-14,24H,1,7,15H2,2-4H3,(H,26,28)/b11-6-,16-10+. The number of nitrogens with zero attached hydrogens (tertiary/aromatic N) is 2. The first kappa shape index (κ1) is 19.6. The van der Waals surface area contributed by atoms with E-state index in [1.165, 1.54) is 0 Å². The lowest BCUT2D eigenvalue weighted by Crippen LogP contribution is -2.18. The van der Waals surface area contributed by atoms with E-state index in [-0.39, 0.29) is 5.56 Å². The molecule has 3 aromatic rings. The van der Waals surface area contributed by atoms with Gasteiger partial charge in [0.2, 0.25) is 0 Å². The van der Waals surface area contributed by atoms with Crippen LogP contribution in [0, 0.1) is 0 Å². The van der Waals surface area contributed by atoms with Crippen LogP contribution in [0.15, 0.2) is 66.0 Å². The van der Waals surface area contributed by atoms with Gasteiger partial charge in [-0.3, -0.25) is 4.79 Å². The Morgan fingerprint density at radius 1 is 1.32 bits per heavy atom. The fraction of sp³-hybridized carbons (Fsp3) is 0.217. The molecular weight excluding hydrogens is 348 g/mol. The highest BCUT2D eigenvalue weighted by Gasteiger charge is 2.18. The Kier molecular flexibility index (Phi) is 6.06. The van der Waals surface area contributed by atoms with Gasteiger partial charge in [-0.1, -0.05) is 56.0 Å². The minimum Gasteiger partial charge on any atom is -0.354 e. The maximum absolute atomic E-state index is 12.7. The van der Waals surface area contributed by atoms with E-state index in [1.54, 1.807) is 6.08 Å². The number of allylic oxidation sites excluding steroid dienone is 5. The van der Waals surface area contributed by atoms with E-state index >= 15 is 0 Å². The van der Waals surface area contributed by atoms with Gasteiger partial charge in [0.25, 0.3) is 5.56 Å². The van der Waals surface area contributed by atoms with E-state index in [2.05, 4.69) is 46.7 Å². The number of nitrogens with one attached hydrogen (secondary N) is 2. The van der Waals surface area contributed by atoms with E-state index < -0.39 is 0 Å². The fourth-order valence-corrected chi connectivity index (χ4v) is 3.25. The predicted molar refractivity (Wildman–Crippen MR) is 117 cm³/mol. The second-order valence-electron chi connectivity index (χ2n) is 6.71. The molecule has 0 saturated carbocycles. The van der Waals surface area contributed by atoms with Gasteiger partial charge in [0.05, 0.1) is 17.0 Å². The minimum absolute atomic E-state index is 0.214. The summed E-state index contributed by atoms with van der Waals surface area (Å²) in [5.41, 5.74) is 4.92. The first-order valence-corrected chi connectivity index (χ1v) is 9.43. The molecule has 5 heteroatoms. The van der Waals surface area contributed by atoms with Gasteiger partial charge in [-0.05, 0) is 38.2 Å². The monoisotopic (exact) mass is 374 g/mol. The van der Waals surface area contributed by atoms with Crippen molar-refractivity contribution >= 4 is 16.5 Å². The normalized spacial score (nSPS) is 12.4. The van der Waals surface area contributed by atoms with Crippen molar-refractivity contribution in [2.75, 3.05) is 13.6 Å². The first-order chi connectivity index (χ1) is 13.6. The molecule has 0 saturated heterocycles. The van der Waals surface area contributed by atoms with Crippen molar-refractivity contribution < 1.29 is 0 Å². The number of rotatable bonds is 7. The van der Waals surface area contributed by atoms with E-state index in [9.17, 15) is 4.79 Å². The molecule has 0 aliphatic carbocycles. The molecule has 2 heterocycles. The van der Waals surface area contributed by atoms with Crippen LogP contribution in [0.1, 0.15) is 25.1 Å². The predicted octanol–water partition coefficient (Wildman–Crippen LogP) is 4.52. The maximum Gasteiger partial charge on any atom is 0.273 e. The fourth-order valence-electron chi connectivity index (χ4n) is 3.25. The summed E-state index contributed by atoms with van der Waals surface area (Å²) < 4.78 is 0. The number of aromatic nitrogens is 3. The van der Waals surface area contributed by atoms with Crippen molar-refractivity contribution in [2.45, 2.75) is 20.4 Å². The summed E-state index contributed by atoms with van der Waals surface area (Å²) in [6.45, 7) is 9.50. The summed E-state index contributed by atoms with van der Waals surface area (Å²) in [5, 5.41) is 8.02. The van der Waals surface area contributed by atoms with Gasteiger partial charge in [0, 0.05) is 23.0 Å². The second-order valence-corrected chi connectivity index (χ2v) is 6.71. The van der Waals surface area contributed by atoms with Crippen molar-refractivity contribution in [3.8, 4) is 11.3 Å². The number of benzene rings is 1. The molecule has 0 bridgehead atoms. The number of H-pyrrole nitrogens is 2. The highest BCUT2D eigenvalue weighted by Crippen LogP contribution is 2.30. The van der Waals surface area contributed by atoms with Crippen LogP contribution in [0.4, 0.5) is 0 Å². The van der Waals surface area contributed by atoms with Crippen LogP contribution < -0.4 is 5.56 Å². The molecule has 0 radical (unpaired) electrons. The third-order valence-corrected chi connectivity index (χ3v) is 4.79. The topological polar surface area (TPSA) is 64.8 Å². The molecule has 2 N–H and O–H groups in total. The largest absolute Gasteiger partial charge is 0.354 e. The molecule has 5 nitrogen and oxygen atoms in total. The van der Waals surface area contributed by atoms with Crippen LogP contribution in [0.25, 0.3) is 27.7 Å². The van der Waals surface area contributed by atoms with Crippen LogP contribution in [-0.4, -0.2) is 33.7 Å². The SMILES string of the molecule is C=C/C=C(\C=C/C)c1cc(-c2[nH]c3ccccc3c2CN(C)CC)c(=O)[nH]n1. The number of para-hydroxylation sites is 1. The first-order valence-electron chi connectivity index (χ1n) is 9.43. The smallest absolute Gasteiger partial charge is 0.273 e. The van der Waals surface area contributed by atoms with Gasteiger partial charge in [0.15, 0.2) is 0 Å². The summed E-state index contributed by atoms with van der Waals surface area (Å²) in [7, 11) is 2.07. The van der Waals surface area contributed by atoms with Crippen LogP contribution in [0.2, 0.25) is 0 Å². The molecule has 0 atom stereocenters. The Labute approximate surface area is 165 Å². The summed E-state index contributed by atoms with van der Waals surface area (Å²) in [6, 6.07) is 9.98. The zero-order chi connectivity index (χ0) is 20.1. The Balaban J connectivity index is 2.23. The van der Waals surface area contributed by atoms with Crippen molar-refractivity contribution in [3.05, 3.63) is 82.8 Å². The lowest BCUT2D eigenvalue weighted by Gasteiger charge is -2.15. The van der Waals surface area contributed by atoms with E-state index in [4.69, 9.17) is 0 Å². The molecule has 0 fully saturated rings. The molecule has 28 heavy (non-hydrogen) atoms. The average molecular weight is 374 g/mol. The Morgan fingerprint density at radius 2 is 2.11 bits per heavy atom. The third kappa shape index (κ3) is 3.89. The number of aromatic amines is 2. The maximum atomic E-state index is 12.7. The van der Waals surface area contributed by atoms with Gasteiger partial charge >= 0.3 is 0 Å². The zero-order valence-electron chi connectivity index (χ0n) is 16.6. The van der Waals surface area contributed by atoms with Gasteiger partial charge in [-0.25, -0.2) is 5.10 Å². The van der Waals surface area contributed by atoms with Crippen molar-refractivity contribution in [1.82, 2.24) is 20.1 Å². The molecule has 144 valence electrons. The van der Waals surface area contributed by atoms with E-state index in [1.807, 2.05) is 49.4 Å². The quantitative estimate of drug-likeness (QED) is 0.598. The molecule has 1 aromatic carbocycles. The minimum atomic E-state index is -0.214. The molecule has 3 rings (SSSR count). The molecular formula is C23H26N4O. The van der Waals surface area contributed by atoms with Crippen LogP contribution in [0.5, 0.6) is 0 Å². The summed E-state index contributed by atoms with van der Waals surface area (Å²) in [4.78, 5) is 18.4. The third-order valence-electron chi connectivity index (χ3n) is 4.79. The number of hydrogen-bond acceptors (Lipinski definition) is 3. The summed E-state index contributed by atoms with van der Waals surface area (Å²) >= 11 is 0. The van der Waals surface area contributed by atoms with Crippen LogP contribution in [0.3, 0.4) is 0 Å². The molecule has 2 aromatic heterocycles. The summed E-state index contributed by atoms with van der Waals surface area (Å²) in [5.74, 6) is 0. The Hall–Kier alpha value is -3.18. The van der Waals surface area contributed by atoms with Crippen molar-refractivity contribution in [1.29, 1.82) is 0 Å². The van der Waals surface area contributed by atoms with E-state index in [0.29, 0.717) is 11.3 Å². The molecule has 0 aliphatic rings. The molecule has 0 unspecified atom stereocenters. The molecule has 0 aliphatic heterocycles. The van der Waals surface area contributed by atoms with Crippen molar-refractivity contribution in [3.63, 3.8) is 0 Å². The zero-order valence-corrected chi connectivity index (χ0v) is 16.6. The molecule has 0 spiro atoms. The highest BCUT2D eigenvalue weighted by atomic mass is 16.1. The van der Waals surface area contributed by atoms with Crippen molar-refractivity contribution in [2.24, 2.45) is 0 Å². The average Bonchev–Trinajstić information content (AvgIpc) is 3.06. The van der Waals surface area contributed by atoms with Crippen LogP contribution >= 0.6 is 0 Å². The Morgan fingerprint density at radius 3 is 2.82 bits per heavy atom. The number of fused-ring (bicyclic) bond motifs is 1. The number of hydrogen-bond donors (Lipinski definition) is 2. The molecule has 0 amide bonds. The highest BCUT2D eigenvalue weighted by molar-refractivity contribution is 5.91. The van der Waals surface area contributed by atoms with Gasteiger partial charge in [-0.15, -0.1) is 0 Å². The summed E-state index contributed by atoms with van der Waals surface area (Å²) in [6.07, 6.45) is 7.48. The Bertz CT molecular complexity index is 1100. The van der Waals surface area contributed by atoms with Gasteiger partial charge < -0.3 is 9.88 Å².